The average Bonchev–Trinajstić information content (AvgIpc) is 2.62. The Morgan fingerprint density at radius 3 is 2.80 bits per heavy atom. The molecule has 0 amide bonds. The van der Waals surface area contributed by atoms with Gasteiger partial charge in [-0.2, -0.15) is 4.98 Å². The van der Waals surface area contributed by atoms with Crippen molar-refractivity contribution >= 4 is 11.8 Å². The molecule has 2 aromatic rings. The lowest BCUT2D eigenvalue weighted by Crippen LogP contribution is -2.37. The Bertz CT molecular complexity index is 687. The van der Waals surface area contributed by atoms with Crippen molar-refractivity contribution in [2.75, 3.05) is 43.2 Å². The van der Waals surface area contributed by atoms with E-state index < -0.39 is 0 Å². The summed E-state index contributed by atoms with van der Waals surface area (Å²) in [5.74, 6) is 2.58. The maximum absolute atomic E-state index is 5.78. The second-order valence-corrected chi connectivity index (χ2v) is 6.48. The highest BCUT2D eigenvalue weighted by Gasteiger charge is 2.15. The molecule has 0 bridgehead atoms. The fraction of sp³-hybridized carbons (Fsp3) is 0.474. The van der Waals surface area contributed by atoms with Crippen molar-refractivity contribution in [2.45, 2.75) is 26.5 Å². The smallest absolute Gasteiger partial charge is 0.227 e. The molecule has 1 saturated heterocycles. The molecule has 0 spiro atoms. The molecule has 0 atom stereocenters. The van der Waals surface area contributed by atoms with E-state index in [-0.39, 0.29) is 6.10 Å². The number of benzene rings is 1. The lowest BCUT2D eigenvalue weighted by atomic mass is 10.2. The van der Waals surface area contributed by atoms with Crippen LogP contribution < -0.4 is 14.5 Å². The summed E-state index contributed by atoms with van der Waals surface area (Å²) >= 11 is 0. The van der Waals surface area contributed by atoms with E-state index in [0.29, 0.717) is 0 Å². The van der Waals surface area contributed by atoms with Gasteiger partial charge in [-0.3, -0.25) is 0 Å². The first-order chi connectivity index (χ1) is 12.1. The van der Waals surface area contributed by atoms with Crippen molar-refractivity contribution < 1.29 is 9.47 Å². The van der Waals surface area contributed by atoms with Gasteiger partial charge in [0.2, 0.25) is 5.95 Å². The summed E-state index contributed by atoms with van der Waals surface area (Å²) in [6, 6.07) is 10.2. The van der Waals surface area contributed by atoms with E-state index in [4.69, 9.17) is 14.5 Å². The Balaban J connectivity index is 1.69. The van der Waals surface area contributed by atoms with Crippen LogP contribution in [0.3, 0.4) is 0 Å². The zero-order chi connectivity index (χ0) is 17.6. The second-order valence-electron chi connectivity index (χ2n) is 6.48. The van der Waals surface area contributed by atoms with Gasteiger partial charge in [0.05, 0.1) is 19.3 Å². The highest BCUT2D eigenvalue weighted by atomic mass is 16.5. The van der Waals surface area contributed by atoms with Crippen LogP contribution in [0.25, 0.3) is 0 Å². The van der Waals surface area contributed by atoms with Gasteiger partial charge < -0.3 is 19.3 Å². The minimum absolute atomic E-state index is 0.172. The maximum Gasteiger partial charge on any atom is 0.227 e. The standard InChI is InChI=1S/C19H26N4O2/c1-15(2)25-17-6-4-5-16(13-17)14-22(3)18-7-8-20-19(21-18)23-9-11-24-12-10-23/h4-8,13,15H,9-12,14H2,1-3H3. The number of morpholine rings is 1. The van der Waals surface area contributed by atoms with Gasteiger partial charge in [0, 0.05) is 32.9 Å². The number of ether oxygens (including phenoxy) is 2. The SMILES string of the molecule is CC(C)Oc1cccc(CN(C)c2ccnc(N3CCOCC3)n2)c1. The van der Waals surface area contributed by atoms with Crippen molar-refractivity contribution in [3.63, 3.8) is 0 Å². The van der Waals surface area contributed by atoms with E-state index in [1.54, 1.807) is 0 Å². The molecule has 0 aliphatic carbocycles. The Labute approximate surface area is 149 Å². The Morgan fingerprint density at radius 2 is 2.04 bits per heavy atom. The van der Waals surface area contributed by atoms with Gasteiger partial charge >= 0.3 is 0 Å². The molecular formula is C19H26N4O2. The van der Waals surface area contributed by atoms with Crippen molar-refractivity contribution in [2.24, 2.45) is 0 Å². The lowest BCUT2D eigenvalue weighted by Gasteiger charge is -2.27. The molecule has 6 nitrogen and oxygen atoms in total. The van der Waals surface area contributed by atoms with Crippen molar-refractivity contribution in [3.05, 3.63) is 42.1 Å². The van der Waals surface area contributed by atoms with E-state index in [9.17, 15) is 0 Å². The molecule has 1 fully saturated rings. The first kappa shape index (κ1) is 17.5. The van der Waals surface area contributed by atoms with Gasteiger partial charge in [0.25, 0.3) is 0 Å². The maximum atomic E-state index is 5.78. The molecule has 25 heavy (non-hydrogen) atoms. The van der Waals surface area contributed by atoms with Crippen LogP contribution in [0.15, 0.2) is 36.5 Å². The molecule has 1 aliphatic heterocycles. The molecule has 6 heteroatoms. The van der Waals surface area contributed by atoms with Crippen LogP contribution in [0.4, 0.5) is 11.8 Å². The number of nitrogens with zero attached hydrogens (tertiary/aromatic N) is 4. The molecule has 1 aromatic carbocycles. The summed E-state index contributed by atoms with van der Waals surface area (Å²) < 4.78 is 11.2. The predicted octanol–water partition coefficient (Wildman–Crippen LogP) is 2.74. The van der Waals surface area contributed by atoms with Gasteiger partial charge in [-0.25, -0.2) is 4.98 Å². The van der Waals surface area contributed by atoms with E-state index in [1.807, 2.05) is 45.3 Å². The van der Waals surface area contributed by atoms with Crippen molar-refractivity contribution in [1.29, 1.82) is 0 Å². The number of rotatable bonds is 6. The third-order valence-corrected chi connectivity index (χ3v) is 4.00. The van der Waals surface area contributed by atoms with Crippen LogP contribution in [0.5, 0.6) is 5.75 Å². The van der Waals surface area contributed by atoms with Gasteiger partial charge in [-0.05, 0) is 37.6 Å². The molecule has 0 unspecified atom stereocenters. The minimum atomic E-state index is 0.172. The molecule has 0 saturated carbocycles. The number of hydrogen-bond donors (Lipinski definition) is 0. The summed E-state index contributed by atoms with van der Waals surface area (Å²) in [5.41, 5.74) is 1.19. The fourth-order valence-corrected chi connectivity index (χ4v) is 2.81. The molecule has 134 valence electrons. The molecule has 1 aromatic heterocycles. The van der Waals surface area contributed by atoms with Crippen LogP contribution >= 0.6 is 0 Å². The first-order valence-corrected chi connectivity index (χ1v) is 8.74. The van der Waals surface area contributed by atoms with Gasteiger partial charge in [0.15, 0.2) is 0 Å². The average molecular weight is 342 g/mol. The van der Waals surface area contributed by atoms with Gasteiger partial charge in [0.1, 0.15) is 11.6 Å². The molecule has 1 aliphatic rings. The molecule has 0 N–H and O–H groups in total. The van der Waals surface area contributed by atoms with Crippen molar-refractivity contribution in [3.8, 4) is 5.75 Å². The molecular weight excluding hydrogens is 316 g/mol. The predicted molar refractivity (Wildman–Crippen MR) is 99.4 cm³/mol. The molecule has 0 radical (unpaired) electrons. The topological polar surface area (TPSA) is 50.7 Å². The molecule has 2 heterocycles. The summed E-state index contributed by atoms with van der Waals surface area (Å²) in [7, 11) is 2.04. The third-order valence-electron chi connectivity index (χ3n) is 4.00. The van der Waals surface area contributed by atoms with Gasteiger partial charge in [-0.1, -0.05) is 12.1 Å². The monoisotopic (exact) mass is 342 g/mol. The summed E-state index contributed by atoms with van der Waals surface area (Å²) in [4.78, 5) is 13.4. The quantitative estimate of drug-likeness (QED) is 0.804. The van der Waals surface area contributed by atoms with E-state index in [1.165, 1.54) is 5.56 Å². The van der Waals surface area contributed by atoms with Gasteiger partial charge in [-0.15, -0.1) is 0 Å². The van der Waals surface area contributed by atoms with Crippen LogP contribution in [-0.2, 0) is 11.3 Å². The van der Waals surface area contributed by atoms with Crippen molar-refractivity contribution in [1.82, 2.24) is 9.97 Å². The normalized spacial score (nSPS) is 14.6. The fourth-order valence-electron chi connectivity index (χ4n) is 2.81. The highest BCUT2D eigenvalue weighted by Crippen LogP contribution is 2.20. The van der Waals surface area contributed by atoms with Crippen LogP contribution in [0.1, 0.15) is 19.4 Å². The largest absolute Gasteiger partial charge is 0.491 e. The van der Waals surface area contributed by atoms with E-state index in [2.05, 4.69) is 26.9 Å². The lowest BCUT2D eigenvalue weighted by molar-refractivity contribution is 0.122. The van der Waals surface area contributed by atoms with E-state index in [0.717, 1.165) is 50.4 Å². The van der Waals surface area contributed by atoms with E-state index >= 15 is 0 Å². The second kappa shape index (κ2) is 8.16. The Kier molecular flexibility index (Phi) is 5.71. The minimum Gasteiger partial charge on any atom is -0.491 e. The number of aromatic nitrogens is 2. The first-order valence-electron chi connectivity index (χ1n) is 8.74. The highest BCUT2D eigenvalue weighted by molar-refractivity contribution is 5.44. The van der Waals surface area contributed by atoms with Crippen LogP contribution in [-0.4, -0.2) is 49.4 Å². The molecule has 3 rings (SSSR count). The van der Waals surface area contributed by atoms with Crippen LogP contribution in [0.2, 0.25) is 0 Å². The summed E-state index contributed by atoms with van der Waals surface area (Å²) in [5, 5.41) is 0. The zero-order valence-electron chi connectivity index (χ0n) is 15.2. The summed E-state index contributed by atoms with van der Waals surface area (Å²) in [6.07, 6.45) is 1.99. The number of hydrogen-bond acceptors (Lipinski definition) is 6. The summed E-state index contributed by atoms with van der Waals surface area (Å²) in [6.45, 7) is 7.95. The van der Waals surface area contributed by atoms with Crippen LogP contribution in [0, 0.1) is 0 Å². The zero-order valence-corrected chi connectivity index (χ0v) is 15.2. The Hall–Kier alpha value is -2.34. The third kappa shape index (κ3) is 4.82. The number of anilines is 2. The Morgan fingerprint density at radius 1 is 1.24 bits per heavy atom.